The fraction of sp³-hybridized carbons (Fsp3) is 0.647. The fourth-order valence-corrected chi connectivity index (χ4v) is 3.23. The molecule has 0 saturated carbocycles. The van der Waals surface area contributed by atoms with Gasteiger partial charge in [-0.3, -0.25) is 14.7 Å². The lowest BCUT2D eigenvalue weighted by Gasteiger charge is -2.31. The summed E-state index contributed by atoms with van der Waals surface area (Å²) in [6, 6.07) is 2.24. The first-order chi connectivity index (χ1) is 10.7. The van der Waals surface area contributed by atoms with E-state index in [1.165, 1.54) is 23.9 Å². The molecular weight excluding hydrogens is 278 g/mol. The Labute approximate surface area is 132 Å². The van der Waals surface area contributed by atoms with Gasteiger partial charge in [0.25, 0.3) is 0 Å². The van der Waals surface area contributed by atoms with Crippen LogP contribution in [0.3, 0.4) is 0 Å². The Kier molecular flexibility index (Phi) is 4.74. The molecule has 3 heterocycles. The maximum Gasteiger partial charge on any atom is 0.308 e. The summed E-state index contributed by atoms with van der Waals surface area (Å²) in [5.41, 5.74) is 3.84. The van der Waals surface area contributed by atoms with Gasteiger partial charge < -0.3 is 10.1 Å². The van der Waals surface area contributed by atoms with Crippen molar-refractivity contribution in [1.29, 1.82) is 0 Å². The molecule has 120 valence electrons. The Morgan fingerprint density at radius 1 is 1.41 bits per heavy atom. The number of hydrogen-bond acceptors (Lipinski definition) is 5. The standard InChI is InChI=1S/C17H25N3O2/c1-12-7-16(14-8-18-9-14)19-10-15(12)11-20-5-3-13(4-6-20)17(21)22-2/h7,10,13-14,18H,3-6,8-9,11H2,1-2H3. The zero-order valence-corrected chi connectivity index (χ0v) is 13.5. The van der Waals surface area contributed by atoms with Crippen LogP contribution in [0.5, 0.6) is 0 Å². The molecule has 1 aromatic heterocycles. The first kappa shape index (κ1) is 15.4. The number of methoxy groups -OCH3 is 1. The number of ether oxygens (including phenoxy) is 1. The van der Waals surface area contributed by atoms with Crippen LogP contribution in [0.1, 0.15) is 35.6 Å². The SMILES string of the molecule is COC(=O)C1CCN(Cc2cnc(C3CNC3)cc2C)CC1. The summed E-state index contributed by atoms with van der Waals surface area (Å²) in [5.74, 6) is 0.605. The molecule has 1 N–H and O–H groups in total. The number of esters is 1. The van der Waals surface area contributed by atoms with Crippen LogP contribution in [0.15, 0.2) is 12.3 Å². The Hall–Kier alpha value is -1.46. The molecule has 5 nitrogen and oxygen atoms in total. The van der Waals surface area contributed by atoms with Crippen LogP contribution < -0.4 is 5.32 Å². The average Bonchev–Trinajstić information content (AvgIpc) is 2.48. The summed E-state index contributed by atoms with van der Waals surface area (Å²) in [4.78, 5) is 18.6. The van der Waals surface area contributed by atoms with Gasteiger partial charge in [0.15, 0.2) is 0 Å². The summed E-state index contributed by atoms with van der Waals surface area (Å²) in [5, 5.41) is 3.29. The highest BCUT2D eigenvalue weighted by Crippen LogP contribution is 2.23. The number of aryl methyl sites for hydroxylation is 1. The molecule has 3 rings (SSSR count). The largest absolute Gasteiger partial charge is 0.469 e. The summed E-state index contributed by atoms with van der Waals surface area (Å²) in [6.45, 7) is 7.10. The lowest BCUT2D eigenvalue weighted by molar-refractivity contribution is -0.147. The normalized spacial score (nSPS) is 20.6. The fourth-order valence-electron chi connectivity index (χ4n) is 3.23. The van der Waals surface area contributed by atoms with Crippen molar-refractivity contribution in [2.24, 2.45) is 5.92 Å². The highest BCUT2D eigenvalue weighted by molar-refractivity contribution is 5.72. The van der Waals surface area contributed by atoms with Crippen molar-refractivity contribution < 1.29 is 9.53 Å². The topological polar surface area (TPSA) is 54.5 Å². The minimum atomic E-state index is -0.0593. The van der Waals surface area contributed by atoms with E-state index in [9.17, 15) is 4.79 Å². The molecule has 0 spiro atoms. The van der Waals surface area contributed by atoms with E-state index in [0.29, 0.717) is 5.92 Å². The van der Waals surface area contributed by atoms with E-state index < -0.39 is 0 Å². The average molecular weight is 303 g/mol. The molecule has 2 saturated heterocycles. The van der Waals surface area contributed by atoms with Gasteiger partial charge in [0, 0.05) is 37.4 Å². The van der Waals surface area contributed by atoms with Gasteiger partial charge >= 0.3 is 5.97 Å². The van der Waals surface area contributed by atoms with Crippen LogP contribution in [0, 0.1) is 12.8 Å². The third-order valence-electron chi connectivity index (χ3n) is 4.96. The summed E-state index contributed by atoms with van der Waals surface area (Å²) in [7, 11) is 1.48. The second-order valence-corrected chi connectivity index (χ2v) is 6.46. The molecule has 2 aliphatic heterocycles. The molecule has 0 bridgehead atoms. The summed E-state index contributed by atoms with van der Waals surface area (Å²) >= 11 is 0. The van der Waals surface area contributed by atoms with Gasteiger partial charge in [0.05, 0.1) is 13.0 Å². The second-order valence-electron chi connectivity index (χ2n) is 6.46. The molecule has 22 heavy (non-hydrogen) atoms. The number of carbonyl (C=O) groups excluding carboxylic acids is 1. The lowest BCUT2D eigenvalue weighted by Crippen LogP contribution is -2.40. The molecule has 2 fully saturated rings. The maximum atomic E-state index is 11.6. The number of aromatic nitrogens is 1. The minimum Gasteiger partial charge on any atom is -0.469 e. The number of piperidine rings is 1. The monoisotopic (exact) mass is 303 g/mol. The molecule has 5 heteroatoms. The number of likely N-dealkylation sites (tertiary alicyclic amines) is 1. The van der Waals surface area contributed by atoms with Gasteiger partial charge in [-0.1, -0.05) is 0 Å². The number of nitrogens with zero attached hydrogens (tertiary/aromatic N) is 2. The third kappa shape index (κ3) is 3.31. The van der Waals surface area contributed by atoms with Crippen molar-refractivity contribution in [3.8, 4) is 0 Å². The number of hydrogen-bond donors (Lipinski definition) is 1. The Morgan fingerprint density at radius 3 is 2.68 bits per heavy atom. The number of rotatable bonds is 4. The van der Waals surface area contributed by atoms with E-state index in [-0.39, 0.29) is 11.9 Å². The molecule has 1 aromatic rings. The third-order valence-corrected chi connectivity index (χ3v) is 4.96. The van der Waals surface area contributed by atoms with Crippen molar-refractivity contribution in [2.45, 2.75) is 32.2 Å². The smallest absolute Gasteiger partial charge is 0.308 e. The molecule has 0 aliphatic carbocycles. The van der Waals surface area contributed by atoms with Gasteiger partial charge in [0.2, 0.25) is 0 Å². The molecule has 0 atom stereocenters. The highest BCUT2D eigenvalue weighted by atomic mass is 16.5. The van der Waals surface area contributed by atoms with Crippen molar-refractivity contribution in [2.75, 3.05) is 33.3 Å². The lowest BCUT2D eigenvalue weighted by atomic mass is 9.95. The molecule has 0 unspecified atom stereocenters. The van der Waals surface area contributed by atoms with Crippen LogP contribution in [-0.4, -0.2) is 49.1 Å². The Balaban J connectivity index is 1.56. The Bertz CT molecular complexity index is 535. The predicted octanol–water partition coefficient (Wildman–Crippen LogP) is 1.46. The quantitative estimate of drug-likeness (QED) is 0.854. The van der Waals surface area contributed by atoms with E-state index >= 15 is 0 Å². The summed E-state index contributed by atoms with van der Waals surface area (Å²) in [6.07, 6.45) is 3.82. The Morgan fingerprint density at radius 2 is 2.14 bits per heavy atom. The van der Waals surface area contributed by atoms with E-state index in [4.69, 9.17) is 4.74 Å². The van der Waals surface area contributed by atoms with Gasteiger partial charge in [-0.2, -0.15) is 0 Å². The molecule has 0 amide bonds. The van der Waals surface area contributed by atoms with Crippen LogP contribution >= 0.6 is 0 Å². The number of pyridine rings is 1. The van der Waals surface area contributed by atoms with Crippen molar-refractivity contribution in [3.63, 3.8) is 0 Å². The second kappa shape index (κ2) is 6.75. The summed E-state index contributed by atoms with van der Waals surface area (Å²) < 4.78 is 4.84. The van der Waals surface area contributed by atoms with E-state index in [1.807, 2.05) is 6.20 Å². The van der Waals surface area contributed by atoms with Gasteiger partial charge in [-0.05, 0) is 50.0 Å². The van der Waals surface area contributed by atoms with Gasteiger partial charge in [0.1, 0.15) is 0 Å². The molecular formula is C17H25N3O2. The molecule has 0 radical (unpaired) electrons. The maximum absolute atomic E-state index is 11.6. The number of nitrogens with one attached hydrogen (secondary N) is 1. The molecule has 2 aliphatic rings. The zero-order chi connectivity index (χ0) is 15.5. The van der Waals surface area contributed by atoms with Crippen LogP contribution in [0.2, 0.25) is 0 Å². The highest BCUT2D eigenvalue weighted by Gasteiger charge is 2.26. The first-order valence-corrected chi connectivity index (χ1v) is 8.13. The van der Waals surface area contributed by atoms with Gasteiger partial charge in [-0.15, -0.1) is 0 Å². The van der Waals surface area contributed by atoms with Crippen LogP contribution in [0.4, 0.5) is 0 Å². The van der Waals surface area contributed by atoms with E-state index in [1.54, 1.807) is 0 Å². The van der Waals surface area contributed by atoms with Crippen LogP contribution in [0.25, 0.3) is 0 Å². The van der Waals surface area contributed by atoms with E-state index in [2.05, 4.69) is 28.2 Å². The van der Waals surface area contributed by atoms with Crippen LogP contribution in [-0.2, 0) is 16.1 Å². The number of carbonyl (C=O) groups is 1. The van der Waals surface area contributed by atoms with Gasteiger partial charge in [-0.25, -0.2) is 0 Å². The van der Waals surface area contributed by atoms with Crippen molar-refractivity contribution in [1.82, 2.24) is 15.2 Å². The van der Waals surface area contributed by atoms with Crippen molar-refractivity contribution >= 4 is 5.97 Å². The minimum absolute atomic E-state index is 0.0593. The van der Waals surface area contributed by atoms with Crippen molar-refractivity contribution in [3.05, 3.63) is 29.1 Å². The van der Waals surface area contributed by atoms with E-state index in [0.717, 1.165) is 45.6 Å². The first-order valence-electron chi connectivity index (χ1n) is 8.13. The molecule has 0 aromatic carbocycles. The predicted molar refractivity (Wildman–Crippen MR) is 84.6 cm³/mol. The zero-order valence-electron chi connectivity index (χ0n) is 13.5.